The Morgan fingerprint density at radius 3 is 2.52 bits per heavy atom. The van der Waals surface area contributed by atoms with Crippen LogP contribution in [0, 0.1) is 5.92 Å². The molecule has 3 aromatic rings. The highest BCUT2D eigenvalue weighted by molar-refractivity contribution is 6.33. The van der Waals surface area contributed by atoms with E-state index in [2.05, 4.69) is 15.0 Å². The molecule has 0 saturated heterocycles. The number of benzene rings is 1. The summed E-state index contributed by atoms with van der Waals surface area (Å²) in [6.07, 6.45) is 1.07. The van der Waals surface area contributed by atoms with E-state index >= 15 is 0 Å². The molecule has 1 saturated carbocycles. The van der Waals surface area contributed by atoms with Gasteiger partial charge in [-0.15, -0.1) is 0 Å². The molecule has 2 unspecified atom stereocenters. The highest BCUT2D eigenvalue weighted by atomic mass is 35.5. The van der Waals surface area contributed by atoms with E-state index in [0.717, 1.165) is 0 Å². The standard InChI is InChI=1S/C22H21ClN4O6/c1-12(28)31-17(9-27-11-26-18-20(23)24-10-25-21(18)27)19(32-13(2)29)15-8-16(15)33-22(30)14-6-4-3-5-7-14/h3-7,10-11,15-17,19H,8-9H2,1-2H3/t15?,16-,17-,19?/m1/s1. The van der Waals surface area contributed by atoms with Crippen LogP contribution in [0.15, 0.2) is 43.0 Å². The zero-order valence-electron chi connectivity index (χ0n) is 17.9. The second-order valence-corrected chi connectivity index (χ2v) is 8.02. The van der Waals surface area contributed by atoms with E-state index in [4.69, 9.17) is 25.8 Å². The van der Waals surface area contributed by atoms with Gasteiger partial charge in [0, 0.05) is 19.8 Å². The molecule has 1 aliphatic rings. The number of hydrogen-bond acceptors (Lipinski definition) is 9. The molecule has 33 heavy (non-hydrogen) atoms. The highest BCUT2D eigenvalue weighted by Gasteiger charge is 2.52. The molecule has 4 atom stereocenters. The molecule has 2 heterocycles. The van der Waals surface area contributed by atoms with Gasteiger partial charge in [-0.05, 0) is 18.6 Å². The van der Waals surface area contributed by atoms with Gasteiger partial charge in [0.25, 0.3) is 0 Å². The minimum atomic E-state index is -0.872. The number of fused-ring (bicyclic) bond motifs is 1. The van der Waals surface area contributed by atoms with Crippen molar-refractivity contribution in [2.24, 2.45) is 5.92 Å². The Labute approximate surface area is 193 Å². The van der Waals surface area contributed by atoms with E-state index < -0.39 is 36.2 Å². The lowest BCUT2D eigenvalue weighted by Crippen LogP contribution is -2.40. The fraction of sp³-hybridized carbons (Fsp3) is 0.364. The lowest BCUT2D eigenvalue weighted by molar-refractivity contribution is -0.169. The fourth-order valence-electron chi connectivity index (χ4n) is 3.68. The Balaban J connectivity index is 1.55. The molecule has 0 bridgehead atoms. The van der Waals surface area contributed by atoms with Gasteiger partial charge in [0.2, 0.25) is 0 Å². The van der Waals surface area contributed by atoms with Crippen LogP contribution in [0.4, 0.5) is 0 Å². The Morgan fingerprint density at radius 1 is 1.09 bits per heavy atom. The van der Waals surface area contributed by atoms with Gasteiger partial charge < -0.3 is 18.8 Å². The molecule has 11 heteroatoms. The second kappa shape index (κ2) is 9.53. The van der Waals surface area contributed by atoms with Crippen LogP contribution in [0.2, 0.25) is 5.15 Å². The van der Waals surface area contributed by atoms with Gasteiger partial charge in [-0.25, -0.2) is 19.7 Å². The Kier molecular flexibility index (Phi) is 6.55. The fourth-order valence-corrected chi connectivity index (χ4v) is 3.86. The molecular formula is C22H21ClN4O6. The van der Waals surface area contributed by atoms with Crippen molar-refractivity contribution < 1.29 is 28.6 Å². The van der Waals surface area contributed by atoms with E-state index in [1.165, 1.54) is 26.5 Å². The average molecular weight is 473 g/mol. The largest absolute Gasteiger partial charge is 0.458 e. The van der Waals surface area contributed by atoms with Gasteiger partial charge >= 0.3 is 17.9 Å². The van der Waals surface area contributed by atoms with Crippen molar-refractivity contribution in [1.29, 1.82) is 0 Å². The molecule has 1 fully saturated rings. The summed E-state index contributed by atoms with van der Waals surface area (Å²) in [7, 11) is 0. The third kappa shape index (κ3) is 5.28. The van der Waals surface area contributed by atoms with Crippen LogP contribution in [0.1, 0.15) is 30.6 Å². The number of ether oxygens (including phenoxy) is 3. The van der Waals surface area contributed by atoms with Crippen LogP contribution in [0.3, 0.4) is 0 Å². The van der Waals surface area contributed by atoms with Crippen molar-refractivity contribution in [3.05, 3.63) is 53.7 Å². The summed E-state index contributed by atoms with van der Waals surface area (Å²) < 4.78 is 18.3. The third-order valence-corrected chi connectivity index (χ3v) is 5.46. The maximum atomic E-state index is 12.4. The summed E-state index contributed by atoms with van der Waals surface area (Å²) in [6.45, 7) is 2.63. The predicted molar refractivity (Wildman–Crippen MR) is 115 cm³/mol. The first-order valence-corrected chi connectivity index (χ1v) is 10.6. The lowest BCUT2D eigenvalue weighted by atomic mass is 10.1. The normalized spacial score (nSPS) is 18.9. The molecule has 0 aliphatic heterocycles. The van der Waals surface area contributed by atoms with Crippen molar-refractivity contribution in [3.8, 4) is 0 Å². The van der Waals surface area contributed by atoms with E-state index in [9.17, 15) is 14.4 Å². The molecule has 1 aromatic carbocycles. The molecule has 0 N–H and O–H groups in total. The van der Waals surface area contributed by atoms with Crippen LogP contribution in [0.5, 0.6) is 0 Å². The predicted octanol–water partition coefficient (Wildman–Crippen LogP) is 2.59. The quantitative estimate of drug-likeness (QED) is 0.276. The Hall–Kier alpha value is -3.53. The van der Waals surface area contributed by atoms with Crippen molar-refractivity contribution in [2.75, 3.05) is 0 Å². The average Bonchev–Trinajstić information content (AvgIpc) is 3.41. The lowest BCUT2D eigenvalue weighted by Gasteiger charge is -2.27. The minimum absolute atomic E-state index is 0.0945. The molecular weight excluding hydrogens is 452 g/mol. The number of halogens is 1. The SMILES string of the molecule is CC(=O)OC(C1C[C@H]1OC(=O)c1ccccc1)[C@@H](Cn1cnc2c(Cl)ncnc21)OC(C)=O. The van der Waals surface area contributed by atoms with Crippen molar-refractivity contribution in [2.45, 2.75) is 45.1 Å². The topological polar surface area (TPSA) is 122 Å². The number of nitrogens with zero attached hydrogens (tertiary/aromatic N) is 4. The van der Waals surface area contributed by atoms with Crippen LogP contribution >= 0.6 is 11.6 Å². The molecule has 0 radical (unpaired) electrons. The van der Waals surface area contributed by atoms with Gasteiger partial charge in [-0.3, -0.25) is 9.59 Å². The van der Waals surface area contributed by atoms with E-state index in [0.29, 0.717) is 23.1 Å². The molecule has 172 valence electrons. The molecule has 2 aromatic heterocycles. The molecule has 0 spiro atoms. The monoisotopic (exact) mass is 472 g/mol. The van der Waals surface area contributed by atoms with Gasteiger partial charge in [-0.1, -0.05) is 29.8 Å². The van der Waals surface area contributed by atoms with Crippen molar-refractivity contribution in [3.63, 3.8) is 0 Å². The Morgan fingerprint density at radius 2 is 1.82 bits per heavy atom. The zero-order valence-corrected chi connectivity index (χ0v) is 18.6. The molecule has 0 amide bonds. The smallest absolute Gasteiger partial charge is 0.338 e. The summed E-state index contributed by atoms with van der Waals surface area (Å²) in [5, 5.41) is 0.189. The second-order valence-electron chi connectivity index (χ2n) is 7.66. The zero-order chi connectivity index (χ0) is 23.5. The van der Waals surface area contributed by atoms with Crippen LogP contribution in [-0.2, 0) is 30.3 Å². The number of carbonyl (C=O) groups is 3. The maximum Gasteiger partial charge on any atom is 0.338 e. The number of aromatic nitrogens is 4. The number of rotatable bonds is 8. The first kappa shape index (κ1) is 22.7. The number of hydrogen-bond donors (Lipinski definition) is 0. The van der Waals surface area contributed by atoms with Gasteiger partial charge in [-0.2, -0.15) is 0 Å². The van der Waals surface area contributed by atoms with E-state index in [-0.39, 0.29) is 17.6 Å². The van der Waals surface area contributed by atoms with Gasteiger partial charge in [0.05, 0.1) is 18.4 Å². The summed E-state index contributed by atoms with van der Waals surface area (Å²) in [5.74, 6) is -1.90. The summed E-state index contributed by atoms with van der Waals surface area (Å²) in [4.78, 5) is 48.4. The summed E-state index contributed by atoms with van der Waals surface area (Å²) in [5.41, 5.74) is 1.26. The van der Waals surface area contributed by atoms with Gasteiger partial charge in [0.15, 0.2) is 16.9 Å². The maximum absolute atomic E-state index is 12.4. The minimum Gasteiger partial charge on any atom is -0.458 e. The first-order chi connectivity index (χ1) is 15.8. The molecule has 1 aliphatic carbocycles. The van der Waals surface area contributed by atoms with Crippen LogP contribution < -0.4 is 0 Å². The van der Waals surface area contributed by atoms with Gasteiger partial charge in [0.1, 0.15) is 24.1 Å². The molecule has 10 nitrogen and oxygen atoms in total. The van der Waals surface area contributed by atoms with E-state index in [1.807, 2.05) is 0 Å². The molecule has 4 rings (SSSR count). The Bertz CT molecular complexity index is 1180. The van der Waals surface area contributed by atoms with Crippen LogP contribution in [0.25, 0.3) is 11.2 Å². The highest BCUT2D eigenvalue weighted by Crippen LogP contribution is 2.41. The first-order valence-electron chi connectivity index (χ1n) is 10.2. The summed E-state index contributed by atoms with van der Waals surface area (Å²) in [6, 6.07) is 8.59. The summed E-state index contributed by atoms with van der Waals surface area (Å²) >= 11 is 6.07. The van der Waals surface area contributed by atoms with Crippen molar-refractivity contribution >= 4 is 40.7 Å². The number of carbonyl (C=O) groups excluding carboxylic acids is 3. The van der Waals surface area contributed by atoms with Crippen LogP contribution in [-0.4, -0.2) is 55.7 Å². The third-order valence-electron chi connectivity index (χ3n) is 5.19. The van der Waals surface area contributed by atoms with E-state index in [1.54, 1.807) is 34.9 Å². The number of imidazole rings is 1. The van der Waals surface area contributed by atoms with Crippen molar-refractivity contribution in [1.82, 2.24) is 19.5 Å². The number of esters is 3.